The molecule has 1 amide bonds. The molecule has 2 N–H and O–H groups in total. The van der Waals surface area contributed by atoms with Gasteiger partial charge in [-0.2, -0.15) is 5.10 Å². The molecule has 0 aromatic heterocycles. The summed E-state index contributed by atoms with van der Waals surface area (Å²) < 4.78 is 10.9. The van der Waals surface area contributed by atoms with E-state index in [9.17, 15) is 14.7 Å². The number of carboxylic acids is 1. The number of methoxy groups -OCH3 is 2. The maximum atomic E-state index is 12.3. The maximum absolute atomic E-state index is 12.3. The number of ether oxygens (including phenoxy) is 2. The van der Waals surface area contributed by atoms with E-state index in [-0.39, 0.29) is 11.5 Å². The molecule has 1 aliphatic heterocycles. The van der Waals surface area contributed by atoms with Crippen LogP contribution in [0, 0.1) is 5.41 Å². The van der Waals surface area contributed by atoms with E-state index in [1.54, 1.807) is 14.2 Å². The van der Waals surface area contributed by atoms with Crippen molar-refractivity contribution >= 4 is 17.6 Å². The van der Waals surface area contributed by atoms with E-state index in [0.717, 1.165) is 43.7 Å². The molecule has 2 atom stereocenters. The van der Waals surface area contributed by atoms with E-state index in [1.807, 2.05) is 6.07 Å². The summed E-state index contributed by atoms with van der Waals surface area (Å²) in [7, 11) is 5.41. The molecule has 3 fully saturated rings. The van der Waals surface area contributed by atoms with Gasteiger partial charge in [0, 0.05) is 23.6 Å². The number of carbonyl (C=O) groups is 2. The van der Waals surface area contributed by atoms with Crippen LogP contribution in [0.3, 0.4) is 0 Å². The Morgan fingerprint density at radius 2 is 1.90 bits per heavy atom. The second kappa shape index (κ2) is 7.58. The second-order valence-corrected chi connectivity index (χ2v) is 8.68. The highest BCUT2D eigenvalue weighted by Gasteiger charge is 2.57. The lowest BCUT2D eigenvalue weighted by atomic mass is 9.65. The van der Waals surface area contributed by atoms with Crippen molar-refractivity contribution in [2.45, 2.75) is 50.0 Å². The van der Waals surface area contributed by atoms with Crippen molar-refractivity contribution in [3.8, 4) is 11.5 Å². The Balaban J connectivity index is 1.54. The van der Waals surface area contributed by atoms with Crippen LogP contribution in [0.25, 0.3) is 0 Å². The lowest BCUT2D eigenvalue weighted by Gasteiger charge is -2.42. The number of carbonyl (C=O) groups excluding carboxylic acids is 1. The fourth-order valence-electron chi connectivity index (χ4n) is 5.08. The average Bonchev–Trinajstić information content (AvgIpc) is 3.51. The summed E-state index contributed by atoms with van der Waals surface area (Å²) in [5, 5.41) is 13.6. The number of likely N-dealkylation sites (N-methyl/N-ethyl adjacent to an activating group) is 1. The molecule has 1 aromatic rings. The molecule has 4 rings (SSSR count). The number of likely N-dealkylation sites (tertiary alicyclic amines) is 1. The van der Waals surface area contributed by atoms with E-state index in [2.05, 4.69) is 34.6 Å². The molecular formula is C22H29N3O5. The monoisotopic (exact) mass is 415 g/mol. The van der Waals surface area contributed by atoms with E-state index < -0.39 is 17.3 Å². The van der Waals surface area contributed by atoms with Crippen molar-refractivity contribution in [3.63, 3.8) is 0 Å². The Morgan fingerprint density at radius 3 is 2.53 bits per heavy atom. The number of aliphatic carboxylic acids is 1. The average molecular weight is 415 g/mol. The Kier molecular flexibility index (Phi) is 5.22. The van der Waals surface area contributed by atoms with Gasteiger partial charge in [-0.1, -0.05) is 6.07 Å². The Bertz CT molecular complexity index is 895. The van der Waals surface area contributed by atoms with Crippen molar-refractivity contribution in [2.75, 3.05) is 27.8 Å². The molecule has 30 heavy (non-hydrogen) atoms. The smallest absolute Gasteiger partial charge is 0.319 e. The molecule has 162 valence electrons. The number of nitrogens with one attached hydrogen (secondary N) is 1. The van der Waals surface area contributed by atoms with Crippen LogP contribution in [-0.4, -0.2) is 61.4 Å². The fraction of sp³-hybridized carbons (Fsp3) is 0.591. The van der Waals surface area contributed by atoms with Gasteiger partial charge in [0.2, 0.25) is 0 Å². The summed E-state index contributed by atoms with van der Waals surface area (Å²) in [5.41, 5.74) is 3.41. The predicted octanol–water partition coefficient (Wildman–Crippen LogP) is 2.17. The number of hydrogen-bond donors (Lipinski definition) is 2. The molecule has 0 radical (unpaired) electrons. The zero-order chi connectivity index (χ0) is 21.5. The molecule has 0 unspecified atom stereocenters. The van der Waals surface area contributed by atoms with Gasteiger partial charge in [0.15, 0.2) is 11.5 Å². The third-order valence-corrected chi connectivity index (χ3v) is 7.24. The van der Waals surface area contributed by atoms with Gasteiger partial charge >= 0.3 is 5.97 Å². The normalized spacial score (nSPS) is 28.6. The standard InChI is InChI=1S/C22H29N3O5/c1-25-11-10-21(14-4-5-16(29-2)17(12-14)30-3)7-6-15(13-18(21)25)23-24-19(26)22(8-9-22)20(27)28/h4-5,12,18H,6-11,13H2,1-3H3,(H,24,26)(H,27,28)/t18-,21-/m0/s1. The number of rotatable bonds is 6. The van der Waals surface area contributed by atoms with E-state index in [1.165, 1.54) is 5.56 Å². The lowest BCUT2D eigenvalue weighted by molar-refractivity contribution is -0.149. The summed E-state index contributed by atoms with van der Waals surface area (Å²) in [6.07, 6.45) is 4.23. The van der Waals surface area contributed by atoms with Crippen LogP contribution in [-0.2, 0) is 15.0 Å². The van der Waals surface area contributed by atoms with Crippen molar-refractivity contribution in [1.82, 2.24) is 10.3 Å². The molecule has 3 aliphatic rings. The van der Waals surface area contributed by atoms with Crippen molar-refractivity contribution in [2.24, 2.45) is 10.5 Å². The molecule has 1 heterocycles. The van der Waals surface area contributed by atoms with E-state index in [0.29, 0.717) is 18.6 Å². The third kappa shape index (κ3) is 3.23. The molecule has 2 aliphatic carbocycles. The minimum atomic E-state index is -1.27. The SMILES string of the molecule is COc1ccc([C@@]23CCC(=NNC(=O)C4(C(=O)O)CC4)C[C@@H]2N(C)CC3)cc1OC. The lowest BCUT2D eigenvalue weighted by Crippen LogP contribution is -2.46. The Morgan fingerprint density at radius 1 is 1.17 bits per heavy atom. The maximum Gasteiger partial charge on any atom is 0.319 e. The van der Waals surface area contributed by atoms with Crippen LogP contribution in [0.5, 0.6) is 11.5 Å². The van der Waals surface area contributed by atoms with Crippen molar-refractivity contribution < 1.29 is 24.2 Å². The molecule has 0 bridgehead atoms. The summed E-state index contributed by atoms with van der Waals surface area (Å²) in [6.45, 7) is 0.987. The van der Waals surface area contributed by atoms with Gasteiger partial charge in [-0.05, 0) is 63.4 Å². The first-order valence-electron chi connectivity index (χ1n) is 10.4. The number of fused-ring (bicyclic) bond motifs is 1. The van der Waals surface area contributed by atoms with Gasteiger partial charge in [-0.3, -0.25) is 9.59 Å². The number of carboxylic acid groups (broad SMARTS) is 1. The number of hydrogen-bond acceptors (Lipinski definition) is 6. The number of nitrogens with zero attached hydrogens (tertiary/aromatic N) is 2. The number of benzene rings is 1. The minimum absolute atomic E-state index is 0.00386. The van der Waals surface area contributed by atoms with Gasteiger partial charge in [0.25, 0.3) is 5.91 Å². The van der Waals surface area contributed by atoms with E-state index in [4.69, 9.17) is 9.47 Å². The molecule has 1 aromatic carbocycles. The van der Waals surface area contributed by atoms with Gasteiger partial charge in [-0.25, -0.2) is 5.43 Å². The predicted molar refractivity (Wildman–Crippen MR) is 111 cm³/mol. The first kappa shape index (κ1) is 20.7. The summed E-state index contributed by atoms with van der Waals surface area (Å²) in [4.78, 5) is 26.0. The van der Waals surface area contributed by atoms with Crippen molar-refractivity contribution in [1.29, 1.82) is 0 Å². The largest absolute Gasteiger partial charge is 0.493 e. The second-order valence-electron chi connectivity index (χ2n) is 8.68. The third-order valence-electron chi connectivity index (χ3n) is 7.24. The first-order valence-corrected chi connectivity index (χ1v) is 10.4. The molecule has 1 saturated heterocycles. The zero-order valence-electron chi connectivity index (χ0n) is 17.7. The van der Waals surface area contributed by atoms with Crippen LogP contribution in [0.1, 0.15) is 44.1 Å². The molecule has 8 heteroatoms. The van der Waals surface area contributed by atoms with Crippen LogP contribution in [0.2, 0.25) is 0 Å². The summed E-state index contributed by atoms with van der Waals surface area (Å²) in [6, 6.07) is 6.43. The molecule has 2 saturated carbocycles. The number of amides is 1. The molecule has 0 spiro atoms. The highest BCUT2D eigenvalue weighted by atomic mass is 16.5. The highest BCUT2D eigenvalue weighted by molar-refractivity contribution is 6.05. The van der Waals surface area contributed by atoms with Crippen LogP contribution in [0.15, 0.2) is 23.3 Å². The van der Waals surface area contributed by atoms with Crippen LogP contribution < -0.4 is 14.9 Å². The molecular weight excluding hydrogens is 386 g/mol. The molecule has 8 nitrogen and oxygen atoms in total. The Labute approximate surface area is 176 Å². The van der Waals surface area contributed by atoms with Crippen molar-refractivity contribution in [3.05, 3.63) is 23.8 Å². The minimum Gasteiger partial charge on any atom is -0.493 e. The zero-order valence-corrected chi connectivity index (χ0v) is 17.7. The quantitative estimate of drug-likeness (QED) is 0.546. The fourth-order valence-corrected chi connectivity index (χ4v) is 5.08. The van der Waals surface area contributed by atoms with Gasteiger partial charge in [0.05, 0.1) is 14.2 Å². The van der Waals surface area contributed by atoms with E-state index >= 15 is 0 Å². The highest BCUT2D eigenvalue weighted by Crippen LogP contribution is 2.49. The number of hydrazone groups is 1. The first-order chi connectivity index (χ1) is 14.4. The Hall–Kier alpha value is -2.61. The van der Waals surface area contributed by atoms with Crippen LogP contribution >= 0.6 is 0 Å². The van der Waals surface area contributed by atoms with Gasteiger partial charge < -0.3 is 19.5 Å². The summed E-state index contributed by atoms with van der Waals surface area (Å²) in [5.74, 6) is -0.118. The van der Waals surface area contributed by atoms with Gasteiger partial charge in [-0.15, -0.1) is 0 Å². The van der Waals surface area contributed by atoms with Crippen LogP contribution in [0.4, 0.5) is 0 Å². The summed E-state index contributed by atoms with van der Waals surface area (Å²) >= 11 is 0. The van der Waals surface area contributed by atoms with Gasteiger partial charge in [0.1, 0.15) is 5.41 Å². The topological polar surface area (TPSA) is 100 Å².